The molecule has 1 heterocycles. The van der Waals surface area contributed by atoms with E-state index in [0.717, 1.165) is 42.7 Å². The summed E-state index contributed by atoms with van der Waals surface area (Å²) in [6, 6.07) is 12.2. The van der Waals surface area contributed by atoms with Gasteiger partial charge in [0.1, 0.15) is 17.5 Å². The number of rotatable bonds is 6. The van der Waals surface area contributed by atoms with Crippen LogP contribution in [0.4, 0.5) is 8.78 Å². The van der Waals surface area contributed by atoms with Crippen molar-refractivity contribution in [2.24, 2.45) is 11.8 Å². The van der Waals surface area contributed by atoms with Gasteiger partial charge in [-0.15, -0.1) is 0 Å². The zero-order chi connectivity index (χ0) is 18.6. The third-order valence-corrected chi connectivity index (χ3v) is 5.68. The van der Waals surface area contributed by atoms with Crippen LogP contribution in [0.1, 0.15) is 37.1 Å². The highest BCUT2D eigenvalue weighted by Gasteiger charge is 2.22. The molecule has 0 unspecified atom stereocenters. The van der Waals surface area contributed by atoms with E-state index in [0.29, 0.717) is 11.8 Å². The van der Waals surface area contributed by atoms with Crippen LogP contribution in [0.15, 0.2) is 42.5 Å². The van der Waals surface area contributed by atoms with Gasteiger partial charge in [0.15, 0.2) is 0 Å². The molecule has 27 heavy (non-hydrogen) atoms. The summed E-state index contributed by atoms with van der Waals surface area (Å²) in [5, 5.41) is 3.24. The van der Waals surface area contributed by atoms with E-state index in [-0.39, 0.29) is 12.1 Å². The Morgan fingerprint density at radius 2 is 1.63 bits per heavy atom. The first kappa shape index (κ1) is 18.1. The van der Waals surface area contributed by atoms with Crippen LogP contribution in [-0.2, 0) is 13.0 Å². The first-order chi connectivity index (χ1) is 13.2. The van der Waals surface area contributed by atoms with Gasteiger partial charge in [0, 0.05) is 18.5 Å². The maximum Gasteiger partial charge on any atom is 0.130 e. The summed E-state index contributed by atoms with van der Waals surface area (Å²) >= 11 is 0. The average molecular weight is 369 g/mol. The number of fused-ring (bicyclic) bond motifs is 1. The van der Waals surface area contributed by atoms with E-state index >= 15 is 0 Å². The van der Waals surface area contributed by atoms with Crippen molar-refractivity contribution in [1.29, 1.82) is 0 Å². The molecule has 0 spiro atoms. The Kier molecular flexibility index (Phi) is 5.48. The Bertz CT molecular complexity index is 844. The number of aromatic nitrogens is 2. The van der Waals surface area contributed by atoms with Crippen molar-refractivity contribution in [2.75, 3.05) is 6.54 Å². The number of hydrogen-bond donors (Lipinski definition) is 2. The summed E-state index contributed by atoms with van der Waals surface area (Å²) in [6.45, 7) is 1.06. The van der Waals surface area contributed by atoms with Crippen LogP contribution in [-0.4, -0.2) is 16.5 Å². The molecule has 4 rings (SSSR count). The SMILES string of the molecule is Fc1cccc(F)c1CNCC1CCC(Cc2nc3ccccc3[nH]2)CC1. The minimum absolute atomic E-state index is 0.135. The molecule has 0 aliphatic heterocycles. The lowest BCUT2D eigenvalue weighted by Crippen LogP contribution is -2.27. The average Bonchev–Trinajstić information content (AvgIpc) is 3.08. The van der Waals surface area contributed by atoms with Crippen molar-refractivity contribution >= 4 is 11.0 Å². The third-order valence-electron chi connectivity index (χ3n) is 5.68. The first-order valence-electron chi connectivity index (χ1n) is 9.76. The second-order valence-electron chi connectivity index (χ2n) is 7.62. The normalized spacial score (nSPS) is 20.2. The molecule has 0 radical (unpaired) electrons. The van der Waals surface area contributed by atoms with Crippen molar-refractivity contribution in [3.8, 4) is 0 Å². The van der Waals surface area contributed by atoms with E-state index in [4.69, 9.17) is 0 Å². The lowest BCUT2D eigenvalue weighted by molar-refractivity contribution is 0.263. The van der Waals surface area contributed by atoms with Crippen molar-refractivity contribution < 1.29 is 8.78 Å². The number of halogens is 2. The van der Waals surface area contributed by atoms with Gasteiger partial charge in [0.2, 0.25) is 0 Å². The predicted molar refractivity (Wildman–Crippen MR) is 103 cm³/mol. The van der Waals surface area contributed by atoms with Crippen LogP contribution in [0.2, 0.25) is 0 Å². The molecule has 0 saturated heterocycles. The number of para-hydroxylation sites is 2. The van der Waals surface area contributed by atoms with Crippen LogP contribution < -0.4 is 5.32 Å². The molecule has 2 aromatic carbocycles. The standard InChI is InChI=1S/C22H25F2N3/c23-18-4-3-5-19(24)17(18)14-25-13-16-10-8-15(9-11-16)12-22-26-20-6-1-2-7-21(20)27-22/h1-7,15-16,25H,8-14H2,(H,26,27). The van der Waals surface area contributed by atoms with Crippen molar-refractivity contribution in [1.82, 2.24) is 15.3 Å². The first-order valence-corrected chi connectivity index (χ1v) is 9.76. The lowest BCUT2D eigenvalue weighted by atomic mass is 9.80. The monoisotopic (exact) mass is 369 g/mol. The zero-order valence-electron chi connectivity index (χ0n) is 15.3. The van der Waals surface area contributed by atoms with Crippen LogP contribution in [0.25, 0.3) is 11.0 Å². The molecule has 1 aliphatic carbocycles. The molecule has 5 heteroatoms. The molecule has 0 bridgehead atoms. The minimum Gasteiger partial charge on any atom is -0.342 e. The second kappa shape index (κ2) is 8.17. The van der Waals surface area contributed by atoms with Crippen molar-refractivity contribution in [3.63, 3.8) is 0 Å². The third kappa shape index (κ3) is 4.35. The van der Waals surface area contributed by atoms with Crippen molar-refractivity contribution in [2.45, 2.75) is 38.6 Å². The van der Waals surface area contributed by atoms with Crippen molar-refractivity contribution in [3.05, 3.63) is 65.5 Å². The molecule has 3 aromatic rings. The number of benzene rings is 2. The van der Waals surface area contributed by atoms with Crippen LogP contribution in [0.3, 0.4) is 0 Å². The molecule has 1 aliphatic rings. The Hall–Kier alpha value is -2.27. The summed E-state index contributed by atoms with van der Waals surface area (Å²) in [4.78, 5) is 8.11. The van der Waals surface area contributed by atoms with E-state index in [1.54, 1.807) is 0 Å². The zero-order valence-corrected chi connectivity index (χ0v) is 15.3. The van der Waals surface area contributed by atoms with Crippen LogP contribution in [0.5, 0.6) is 0 Å². The van der Waals surface area contributed by atoms with Crippen LogP contribution >= 0.6 is 0 Å². The summed E-state index contributed by atoms with van der Waals surface area (Å²) in [6.07, 6.45) is 5.65. The molecule has 1 fully saturated rings. The molecule has 3 nitrogen and oxygen atoms in total. The van der Waals surface area contributed by atoms with Gasteiger partial charge in [-0.25, -0.2) is 13.8 Å². The van der Waals surface area contributed by atoms with E-state index < -0.39 is 11.6 Å². The van der Waals surface area contributed by atoms with Gasteiger partial charge in [0.05, 0.1) is 11.0 Å². The summed E-state index contributed by atoms with van der Waals surface area (Å²) in [7, 11) is 0. The van der Waals surface area contributed by atoms with E-state index in [1.807, 2.05) is 18.2 Å². The fourth-order valence-corrected chi connectivity index (χ4v) is 4.12. The van der Waals surface area contributed by atoms with Gasteiger partial charge in [-0.3, -0.25) is 0 Å². The Morgan fingerprint density at radius 3 is 2.37 bits per heavy atom. The van der Waals surface area contributed by atoms with E-state index in [2.05, 4.69) is 21.4 Å². The second-order valence-corrected chi connectivity index (χ2v) is 7.62. The minimum atomic E-state index is -0.475. The summed E-state index contributed by atoms with van der Waals surface area (Å²) in [5.41, 5.74) is 2.27. The fourth-order valence-electron chi connectivity index (χ4n) is 4.12. The molecule has 0 atom stereocenters. The smallest absolute Gasteiger partial charge is 0.130 e. The highest BCUT2D eigenvalue weighted by molar-refractivity contribution is 5.74. The topological polar surface area (TPSA) is 40.7 Å². The fraction of sp³-hybridized carbons (Fsp3) is 0.409. The van der Waals surface area contributed by atoms with E-state index in [1.165, 1.54) is 31.0 Å². The molecular weight excluding hydrogens is 344 g/mol. The van der Waals surface area contributed by atoms with Gasteiger partial charge < -0.3 is 10.3 Å². The predicted octanol–water partition coefficient (Wildman–Crippen LogP) is 4.98. The number of H-pyrrole nitrogens is 1. The molecule has 142 valence electrons. The van der Waals surface area contributed by atoms with Gasteiger partial charge in [0.25, 0.3) is 0 Å². The molecule has 2 N–H and O–H groups in total. The van der Waals surface area contributed by atoms with E-state index in [9.17, 15) is 8.78 Å². The highest BCUT2D eigenvalue weighted by Crippen LogP contribution is 2.30. The quantitative estimate of drug-likeness (QED) is 0.643. The largest absolute Gasteiger partial charge is 0.342 e. The number of imidazole rings is 1. The Balaban J connectivity index is 1.23. The highest BCUT2D eigenvalue weighted by atomic mass is 19.1. The molecular formula is C22H25F2N3. The maximum atomic E-state index is 13.7. The number of nitrogens with one attached hydrogen (secondary N) is 2. The number of aromatic amines is 1. The van der Waals surface area contributed by atoms with Gasteiger partial charge in [-0.05, 0) is 68.3 Å². The van der Waals surface area contributed by atoms with Crippen LogP contribution in [0, 0.1) is 23.5 Å². The molecule has 1 aromatic heterocycles. The molecule has 1 saturated carbocycles. The summed E-state index contributed by atoms with van der Waals surface area (Å²) < 4.78 is 27.3. The number of hydrogen-bond acceptors (Lipinski definition) is 2. The Morgan fingerprint density at radius 1 is 0.926 bits per heavy atom. The Labute approximate surface area is 158 Å². The van der Waals surface area contributed by atoms with Gasteiger partial charge in [-0.2, -0.15) is 0 Å². The lowest BCUT2D eigenvalue weighted by Gasteiger charge is -2.28. The van der Waals surface area contributed by atoms with Gasteiger partial charge in [-0.1, -0.05) is 18.2 Å². The van der Waals surface area contributed by atoms with Gasteiger partial charge >= 0.3 is 0 Å². The molecule has 0 amide bonds. The number of nitrogens with zero attached hydrogens (tertiary/aromatic N) is 1. The summed E-state index contributed by atoms with van der Waals surface area (Å²) in [5.74, 6) is 1.36. The maximum absolute atomic E-state index is 13.7.